The Bertz CT molecular complexity index is 477. The fourth-order valence-corrected chi connectivity index (χ4v) is 3.01. The van der Waals surface area contributed by atoms with Gasteiger partial charge in [-0.15, -0.1) is 11.3 Å². The molecule has 8 heteroatoms. The second-order valence-corrected chi connectivity index (χ2v) is 6.19. The van der Waals surface area contributed by atoms with Crippen LogP contribution in [0.4, 0.5) is 0 Å². The average Bonchev–Trinajstić information content (AvgIpc) is 2.95. The first-order valence-electron chi connectivity index (χ1n) is 5.27. The van der Waals surface area contributed by atoms with Crippen LogP contribution in [0.25, 0.3) is 0 Å². The molecular weight excluding hydrogens is 322 g/mol. The molecular formula is C10H12BrN3O3S. The van der Waals surface area contributed by atoms with Crippen LogP contribution in [0.1, 0.15) is 16.2 Å². The van der Waals surface area contributed by atoms with Crippen molar-refractivity contribution in [2.24, 2.45) is 5.16 Å². The van der Waals surface area contributed by atoms with Crippen molar-refractivity contribution in [3.05, 3.63) is 15.0 Å². The van der Waals surface area contributed by atoms with Gasteiger partial charge in [0, 0.05) is 6.42 Å². The Labute approximate surface area is 116 Å². The van der Waals surface area contributed by atoms with Crippen LogP contribution in [0, 0.1) is 0 Å². The predicted octanol–water partition coefficient (Wildman–Crippen LogP) is 1.11. The highest BCUT2D eigenvalue weighted by atomic mass is 79.9. The Hall–Kier alpha value is -0.990. The Morgan fingerprint density at radius 3 is 3.17 bits per heavy atom. The molecule has 1 fully saturated rings. The Balaban J connectivity index is 2.16. The highest BCUT2D eigenvalue weighted by molar-refractivity contribution is 9.11. The summed E-state index contributed by atoms with van der Waals surface area (Å²) in [5, 5.41) is 13.5. The SMILES string of the molecule is CON=C1CC(CO)N(C(=O)c2ncc(Br)s2)C1. The van der Waals surface area contributed by atoms with Gasteiger partial charge in [0.2, 0.25) is 0 Å². The summed E-state index contributed by atoms with van der Waals surface area (Å²) in [7, 11) is 1.46. The van der Waals surface area contributed by atoms with Crippen LogP contribution >= 0.6 is 27.3 Å². The first-order chi connectivity index (χ1) is 8.65. The molecule has 1 saturated heterocycles. The minimum atomic E-state index is -0.255. The lowest BCUT2D eigenvalue weighted by molar-refractivity contribution is 0.0680. The Morgan fingerprint density at radius 2 is 2.61 bits per heavy atom. The monoisotopic (exact) mass is 333 g/mol. The molecule has 6 nitrogen and oxygen atoms in total. The summed E-state index contributed by atoms with van der Waals surface area (Å²) < 4.78 is 0.802. The third-order valence-electron chi connectivity index (χ3n) is 2.62. The summed E-state index contributed by atoms with van der Waals surface area (Å²) in [6, 6.07) is -0.255. The number of aliphatic hydroxyl groups excluding tert-OH is 1. The van der Waals surface area contributed by atoms with Crippen LogP contribution in [0.15, 0.2) is 15.1 Å². The van der Waals surface area contributed by atoms with Gasteiger partial charge in [-0.25, -0.2) is 4.98 Å². The number of nitrogens with zero attached hydrogens (tertiary/aromatic N) is 3. The number of carbonyl (C=O) groups is 1. The molecule has 1 amide bonds. The van der Waals surface area contributed by atoms with Crippen molar-refractivity contribution in [2.75, 3.05) is 20.3 Å². The highest BCUT2D eigenvalue weighted by Gasteiger charge is 2.34. The van der Waals surface area contributed by atoms with E-state index in [0.717, 1.165) is 9.50 Å². The number of aromatic nitrogens is 1. The lowest BCUT2D eigenvalue weighted by Gasteiger charge is -2.20. The van der Waals surface area contributed by atoms with E-state index in [1.807, 2.05) is 0 Å². The molecule has 1 atom stereocenters. The van der Waals surface area contributed by atoms with E-state index < -0.39 is 0 Å². The van der Waals surface area contributed by atoms with E-state index in [4.69, 9.17) is 4.84 Å². The van der Waals surface area contributed by atoms with Crippen molar-refractivity contribution in [2.45, 2.75) is 12.5 Å². The van der Waals surface area contributed by atoms with Crippen LogP contribution in [0.5, 0.6) is 0 Å². The van der Waals surface area contributed by atoms with E-state index in [9.17, 15) is 9.90 Å². The minimum Gasteiger partial charge on any atom is -0.399 e. The molecule has 0 spiro atoms. The summed E-state index contributed by atoms with van der Waals surface area (Å²) in [5.41, 5.74) is 0.750. The van der Waals surface area contributed by atoms with Gasteiger partial charge >= 0.3 is 0 Å². The van der Waals surface area contributed by atoms with Crippen LogP contribution in [0.3, 0.4) is 0 Å². The molecule has 1 aliphatic heterocycles. The van der Waals surface area contributed by atoms with Gasteiger partial charge in [-0.2, -0.15) is 0 Å². The number of oxime groups is 1. The highest BCUT2D eigenvalue weighted by Crippen LogP contribution is 2.24. The number of amides is 1. The fraction of sp³-hybridized carbons (Fsp3) is 0.500. The molecule has 1 aliphatic rings. The van der Waals surface area contributed by atoms with Crippen LogP contribution in [0.2, 0.25) is 0 Å². The summed E-state index contributed by atoms with van der Waals surface area (Å²) >= 11 is 4.54. The largest absolute Gasteiger partial charge is 0.399 e. The maximum atomic E-state index is 12.2. The van der Waals surface area contributed by atoms with Crippen LogP contribution in [-0.4, -0.2) is 52.9 Å². The number of hydrogen-bond donors (Lipinski definition) is 1. The van der Waals surface area contributed by atoms with Crippen LogP contribution in [-0.2, 0) is 4.84 Å². The standard InChI is InChI=1S/C10H12BrN3O3S/c1-17-13-6-2-7(5-15)14(4-6)10(16)9-12-3-8(11)18-9/h3,7,15H,2,4-5H2,1H3. The molecule has 0 bridgehead atoms. The Kier molecular flexibility index (Phi) is 4.31. The summed E-state index contributed by atoms with van der Waals surface area (Å²) in [6.45, 7) is 0.274. The Morgan fingerprint density at radius 1 is 1.83 bits per heavy atom. The van der Waals surface area contributed by atoms with Crippen molar-refractivity contribution in [1.82, 2.24) is 9.88 Å². The van der Waals surface area contributed by atoms with Crippen LogP contribution < -0.4 is 0 Å². The third-order valence-corrected chi connectivity index (χ3v) is 4.08. The first-order valence-corrected chi connectivity index (χ1v) is 6.88. The summed E-state index contributed by atoms with van der Waals surface area (Å²) in [6.07, 6.45) is 2.12. The second-order valence-electron chi connectivity index (χ2n) is 3.78. The second kappa shape index (κ2) is 5.77. The maximum Gasteiger partial charge on any atom is 0.283 e. The van der Waals surface area contributed by atoms with E-state index in [0.29, 0.717) is 18.0 Å². The van der Waals surface area contributed by atoms with E-state index in [-0.39, 0.29) is 18.6 Å². The zero-order valence-corrected chi connectivity index (χ0v) is 12.1. The van der Waals surface area contributed by atoms with Crippen molar-refractivity contribution >= 4 is 38.9 Å². The van der Waals surface area contributed by atoms with E-state index in [1.165, 1.54) is 18.4 Å². The normalized spacial score (nSPS) is 21.6. The number of carbonyl (C=O) groups excluding carboxylic acids is 1. The van der Waals surface area contributed by atoms with Crippen molar-refractivity contribution in [3.8, 4) is 0 Å². The lowest BCUT2D eigenvalue weighted by atomic mass is 10.2. The number of halogens is 1. The first kappa shape index (κ1) is 13.4. The van der Waals surface area contributed by atoms with Gasteiger partial charge in [0.1, 0.15) is 7.11 Å². The molecule has 1 aromatic rings. The maximum absolute atomic E-state index is 12.2. The molecule has 1 unspecified atom stereocenters. The molecule has 1 aromatic heterocycles. The van der Waals surface area contributed by atoms with Gasteiger partial charge in [-0.05, 0) is 15.9 Å². The molecule has 0 radical (unpaired) electrons. The van der Waals surface area contributed by atoms with E-state index in [2.05, 4.69) is 26.1 Å². The molecule has 0 aromatic carbocycles. The van der Waals surface area contributed by atoms with Gasteiger partial charge < -0.3 is 14.8 Å². The topological polar surface area (TPSA) is 75.0 Å². The molecule has 0 aliphatic carbocycles. The van der Waals surface area contributed by atoms with E-state index in [1.54, 1.807) is 11.1 Å². The van der Waals surface area contributed by atoms with Gasteiger partial charge in [-0.1, -0.05) is 5.16 Å². The van der Waals surface area contributed by atoms with E-state index >= 15 is 0 Å². The fourth-order valence-electron chi connectivity index (χ4n) is 1.84. The molecule has 1 N–H and O–H groups in total. The van der Waals surface area contributed by atoms with Gasteiger partial charge in [0.05, 0.1) is 34.9 Å². The van der Waals surface area contributed by atoms with Crippen molar-refractivity contribution < 1.29 is 14.7 Å². The zero-order chi connectivity index (χ0) is 13.1. The zero-order valence-electron chi connectivity index (χ0n) is 9.67. The summed E-state index contributed by atoms with van der Waals surface area (Å²) in [5.74, 6) is -0.189. The number of thiazole rings is 1. The number of likely N-dealkylation sites (tertiary alicyclic amines) is 1. The predicted molar refractivity (Wildman–Crippen MR) is 70.8 cm³/mol. The van der Waals surface area contributed by atoms with Crippen molar-refractivity contribution in [3.63, 3.8) is 0 Å². The smallest absolute Gasteiger partial charge is 0.283 e. The lowest BCUT2D eigenvalue weighted by Crippen LogP contribution is -2.37. The minimum absolute atomic E-state index is 0.0962. The quantitative estimate of drug-likeness (QED) is 0.841. The number of aliphatic hydroxyl groups is 1. The molecule has 2 rings (SSSR count). The third kappa shape index (κ3) is 2.70. The number of rotatable bonds is 3. The van der Waals surface area contributed by atoms with Gasteiger partial charge in [0.15, 0.2) is 5.01 Å². The number of hydrogen-bond acceptors (Lipinski definition) is 6. The molecule has 0 saturated carbocycles. The average molecular weight is 334 g/mol. The van der Waals surface area contributed by atoms with Gasteiger partial charge in [0.25, 0.3) is 5.91 Å². The molecule has 18 heavy (non-hydrogen) atoms. The van der Waals surface area contributed by atoms with Crippen molar-refractivity contribution in [1.29, 1.82) is 0 Å². The molecule has 98 valence electrons. The van der Waals surface area contributed by atoms with Gasteiger partial charge in [-0.3, -0.25) is 4.79 Å². The molecule has 2 heterocycles. The summed E-state index contributed by atoms with van der Waals surface area (Å²) in [4.78, 5) is 22.5.